The van der Waals surface area contributed by atoms with Gasteiger partial charge in [-0.2, -0.15) is 5.26 Å². The predicted octanol–water partition coefficient (Wildman–Crippen LogP) is 2.88. The highest BCUT2D eigenvalue weighted by molar-refractivity contribution is 5.78. The Morgan fingerprint density at radius 2 is 2.07 bits per heavy atom. The fourth-order valence-electron chi connectivity index (χ4n) is 4.07. The van der Waals surface area contributed by atoms with Gasteiger partial charge in [-0.1, -0.05) is 19.8 Å². The van der Waals surface area contributed by atoms with Crippen LogP contribution in [0.5, 0.6) is 0 Å². The highest BCUT2D eigenvalue weighted by atomic mass is 16.5. The molecule has 2 aliphatic rings. The summed E-state index contributed by atoms with van der Waals surface area (Å²) in [4.78, 5) is 18.9. The second-order valence-corrected chi connectivity index (χ2v) is 7.74. The number of hydrogen-bond acceptors (Lipinski definition) is 5. The van der Waals surface area contributed by atoms with E-state index in [0.717, 1.165) is 38.2 Å². The van der Waals surface area contributed by atoms with E-state index in [1.807, 2.05) is 6.07 Å². The van der Waals surface area contributed by atoms with Crippen LogP contribution in [-0.4, -0.2) is 43.2 Å². The zero-order valence-electron chi connectivity index (χ0n) is 16.2. The molecule has 1 saturated carbocycles. The Morgan fingerprint density at radius 3 is 2.74 bits per heavy atom. The number of ether oxygens (including phenoxy) is 1. The first-order valence-corrected chi connectivity index (χ1v) is 10.2. The normalized spacial score (nSPS) is 23.6. The van der Waals surface area contributed by atoms with Crippen LogP contribution in [0.3, 0.4) is 0 Å². The van der Waals surface area contributed by atoms with Crippen molar-refractivity contribution in [3.63, 3.8) is 0 Å². The molecule has 27 heavy (non-hydrogen) atoms. The molecule has 2 atom stereocenters. The molecule has 146 valence electrons. The molecule has 0 spiro atoms. The number of anilines is 1. The van der Waals surface area contributed by atoms with Gasteiger partial charge in [-0.25, -0.2) is 4.98 Å². The third-order valence-electron chi connectivity index (χ3n) is 5.83. The zero-order chi connectivity index (χ0) is 19.1. The lowest BCUT2D eigenvalue weighted by molar-refractivity contribution is -0.126. The summed E-state index contributed by atoms with van der Waals surface area (Å²) in [7, 11) is 0. The molecule has 1 aromatic heterocycles. The average Bonchev–Trinajstić information content (AvgIpc) is 2.72. The number of pyridine rings is 1. The minimum Gasteiger partial charge on any atom is -0.376 e. The van der Waals surface area contributed by atoms with Crippen molar-refractivity contribution in [2.24, 2.45) is 11.8 Å². The molecule has 2 heterocycles. The van der Waals surface area contributed by atoms with E-state index in [-0.39, 0.29) is 11.8 Å². The molecule has 0 radical (unpaired) electrons. The molecule has 0 unspecified atom stereocenters. The van der Waals surface area contributed by atoms with Crippen molar-refractivity contribution in [2.45, 2.75) is 51.6 Å². The van der Waals surface area contributed by atoms with E-state index in [1.165, 1.54) is 19.3 Å². The smallest absolute Gasteiger partial charge is 0.223 e. The lowest BCUT2D eigenvalue weighted by Gasteiger charge is -2.32. The number of carbonyl (C=O) groups excluding carboxylic acids is 1. The van der Waals surface area contributed by atoms with Crippen molar-refractivity contribution in [2.75, 3.05) is 31.1 Å². The van der Waals surface area contributed by atoms with Crippen LogP contribution in [0.2, 0.25) is 0 Å². The molecule has 1 saturated heterocycles. The van der Waals surface area contributed by atoms with Crippen LogP contribution in [0.4, 0.5) is 5.82 Å². The van der Waals surface area contributed by atoms with Crippen molar-refractivity contribution in [3.8, 4) is 6.07 Å². The number of hydrogen-bond donors (Lipinski definition) is 1. The van der Waals surface area contributed by atoms with Crippen LogP contribution in [0.15, 0.2) is 18.3 Å². The highest BCUT2D eigenvalue weighted by Gasteiger charge is 2.26. The second-order valence-electron chi connectivity index (χ2n) is 7.74. The van der Waals surface area contributed by atoms with Crippen molar-refractivity contribution in [1.82, 2.24) is 10.3 Å². The van der Waals surface area contributed by atoms with Crippen molar-refractivity contribution < 1.29 is 9.53 Å². The summed E-state index contributed by atoms with van der Waals surface area (Å²) in [6.07, 6.45) is 8.59. The van der Waals surface area contributed by atoms with Crippen molar-refractivity contribution in [3.05, 3.63) is 23.9 Å². The van der Waals surface area contributed by atoms with Gasteiger partial charge in [0.05, 0.1) is 18.3 Å². The molecule has 3 rings (SSSR count). The summed E-state index contributed by atoms with van der Waals surface area (Å²) < 4.78 is 5.97. The van der Waals surface area contributed by atoms with Crippen LogP contribution in [0.1, 0.15) is 51.0 Å². The monoisotopic (exact) mass is 370 g/mol. The summed E-state index contributed by atoms with van der Waals surface area (Å²) in [5.74, 6) is 1.72. The maximum atomic E-state index is 12.4. The van der Waals surface area contributed by atoms with Gasteiger partial charge < -0.3 is 15.0 Å². The van der Waals surface area contributed by atoms with Crippen LogP contribution in [0.25, 0.3) is 0 Å². The second kappa shape index (κ2) is 9.70. The molecule has 6 nitrogen and oxygen atoms in total. The number of nitrogens with one attached hydrogen (secondary N) is 1. The van der Waals surface area contributed by atoms with Crippen LogP contribution < -0.4 is 10.2 Å². The van der Waals surface area contributed by atoms with Crippen molar-refractivity contribution in [1.29, 1.82) is 5.26 Å². The van der Waals surface area contributed by atoms with Crippen molar-refractivity contribution >= 4 is 11.7 Å². The minimum absolute atomic E-state index is 0.0632. The molecule has 1 N–H and O–H groups in total. The molecule has 1 amide bonds. The zero-order valence-corrected chi connectivity index (χ0v) is 16.2. The van der Waals surface area contributed by atoms with Gasteiger partial charge in [0, 0.05) is 31.7 Å². The summed E-state index contributed by atoms with van der Waals surface area (Å²) in [5.41, 5.74) is 0.567. The first-order chi connectivity index (χ1) is 13.2. The molecule has 1 aliphatic carbocycles. The highest BCUT2D eigenvalue weighted by Crippen LogP contribution is 2.26. The third kappa shape index (κ3) is 5.43. The molecule has 2 fully saturated rings. The SMILES string of the molecule is C[C@H]1CCCC[C@H]1OCCNC(=O)C1CCN(c2ccc(C#N)cn2)CC1. The number of rotatable bonds is 6. The summed E-state index contributed by atoms with van der Waals surface area (Å²) in [6.45, 7) is 5.09. The number of amides is 1. The Bertz CT molecular complexity index is 647. The average molecular weight is 370 g/mol. The predicted molar refractivity (Wildman–Crippen MR) is 104 cm³/mol. The van der Waals surface area contributed by atoms with Gasteiger partial charge in [-0.15, -0.1) is 0 Å². The maximum absolute atomic E-state index is 12.4. The molecule has 0 aromatic carbocycles. The quantitative estimate of drug-likeness (QED) is 0.779. The van der Waals surface area contributed by atoms with E-state index in [0.29, 0.717) is 30.7 Å². The van der Waals surface area contributed by atoms with Crippen LogP contribution in [0, 0.1) is 23.2 Å². The Labute approximate surface area is 161 Å². The Kier molecular flexibility index (Phi) is 7.05. The summed E-state index contributed by atoms with van der Waals surface area (Å²) in [5, 5.41) is 11.9. The van der Waals surface area contributed by atoms with Gasteiger partial charge in [0.25, 0.3) is 0 Å². The van der Waals surface area contributed by atoms with E-state index >= 15 is 0 Å². The van der Waals surface area contributed by atoms with Gasteiger partial charge in [0.2, 0.25) is 5.91 Å². The molecular weight excluding hydrogens is 340 g/mol. The largest absolute Gasteiger partial charge is 0.376 e. The molecule has 1 aromatic rings. The first kappa shape index (κ1) is 19.6. The van der Waals surface area contributed by atoms with E-state index < -0.39 is 0 Å². The lowest BCUT2D eigenvalue weighted by Crippen LogP contribution is -2.42. The molecule has 6 heteroatoms. The molecular formula is C21H30N4O2. The summed E-state index contributed by atoms with van der Waals surface area (Å²) >= 11 is 0. The minimum atomic E-state index is 0.0632. The molecule has 1 aliphatic heterocycles. The fraction of sp³-hybridized carbons (Fsp3) is 0.667. The topological polar surface area (TPSA) is 78.2 Å². The lowest BCUT2D eigenvalue weighted by atomic mass is 9.88. The van der Waals surface area contributed by atoms with E-state index in [1.54, 1.807) is 12.3 Å². The Morgan fingerprint density at radius 1 is 1.30 bits per heavy atom. The van der Waals surface area contributed by atoms with Crippen LogP contribution in [-0.2, 0) is 9.53 Å². The van der Waals surface area contributed by atoms with Gasteiger partial charge in [0.1, 0.15) is 11.9 Å². The standard InChI is InChI=1S/C21H30N4O2/c1-16-4-2-3-5-19(16)27-13-10-23-21(26)18-8-11-25(12-9-18)20-7-6-17(14-22)15-24-20/h6-7,15-16,18-19H,2-5,8-13H2,1H3,(H,23,26)/t16-,19+/m0/s1. The van der Waals surface area contributed by atoms with Gasteiger partial charge in [0.15, 0.2) is 0 Å². The third-order valence-corrected chi connectivity index (χ3v) is 5.83. The van der Waals surface area contributed by atoms with Gasteiger partial charge in [-0.05, 0) is 43.7 Å². The number of aromatic nitrogens is 1. The number of nitrogens with zero attached hydrogens (tertiary/aromatic N) is 3. The number of carbonyl (C=O) groups is 1. The van der Waals surface area contributed by atoms with E-state index in [9.17, 15) is 4.79 Å². The van der Waals surface area contributed by atoms with E-state index in [2.05, 4.69) is 28.2 Å². The summed E-state index contributed by atoms with van der Waals surface area (Å²) in [6, 6.07) is 5.75. The molecule has 0 bridgehead atoms. The Balaban J connectivity index is 1.35. The fourth-order valence-corrected chi connectivity index (χ4v) is 4.07. The Hall–Kier alpha value is -2.13. The van der Waals surface area contributed by atoms with Gasteiger partial charge >= 0.3 is 0 Å². The van der Waals surface area contributed by atoms with E-state index in [4.69, 9.17) is 10.00 Å². The number of piperidine rings is 1. The maximum Gasteiger partial charge on any atom is 0.223 e. The van der Waals surface area contributed by atoms with Gasteiger partial charge in [-0.3, -0.25) is 4.79 Å². The first-order valence-electron chi connectivity index (χ1n) is 10.2. The number of nitriles is 1. The van der Waals surface area contributed by atoms with Crippen LogP contribution >= 0.6 is 0 Å².